The van der Waals surface area contributed by atoms with Gasteiger partial charge in [0.15, 0.2) is 16.3 Å². The maximum Gasteiger partial charge on any atom is 0.313 e. The second-order valence-corrected chi connectivity index (χ2v) is 5.41. The Morgan fingerprint density at radius 2 is 2.14 bits per heavy atom. The van der Waals surface area contributed by atoms with Gasteiger partial charge in [-0.2, -0.15) is 4.98 Å². The first-order valence-corrected chi connectivity index (χ1v) is 7.72. The monoisotopic (exact) mass is 310 g/mol. The van der Waals surface area contributed by atoms with Crippen molar-refractivity contribution < 1.29 is 14.6 Å². The van der Waals surface area contributed by atoms with Crippen molar-refractivity contribution in [1.29, 1.82) is 0 Å². The molecule has 0 radical (unpaired) electrons. The van der Waals surface area contributed by atoms with Crippen molar-refractivity contribution in [2.75, 3.05) is 12.9 Å². The second-order valence-electron chi connectivity index (χ2n) is 4.47. The van der Waals surface area contributed by atoms with E-state index < -0.39 is 5.97 Å². The molecule has 114 valence electrons. The van der Waals surface area contributed by atoms with Gasteiger partial charge in [0.25, 0.3) is 0 Å². The van der Waals surface area contributed by atoms with Crippen molar-refractivity contribution in [2.45, 2.75) is 37.9 Å². The SMILES string of the molecule is CCC(CC)n1c(SCC(=O)O)nc2c(OC)ncnc21. The number of hydrogen-bond acceptors (Lipinski definition) is 6. The fourth-order valence-corrected chi connectivity index (χ4v) is 3.01. The van der Waals surface area contributed by atoms with E-state index in [1.807, 2.05) is 4.57 Å². The highest BCUT2D eigenvalue weighted by atomic mass is 32.2. The van der Waals surface area contributed by atoms with Crippen LogP contribution in [0.1, 0.15) is 32.7 Å². The number of carbonyl (C=O) groups is 1. The minimum Gasteiger partial charge on any atom is -0.481 e. The highest BCUT2D eigenvalue weighted by Gasteiger charge is 2.21. The summed E-state index contributed by atoms with van der Waals surface area (Å²) in [6, 6.07) is 0.214. The van der Waals surface area contributed by atoms with Crippen molar-refractivity contribution in [3.05, 3.63) is 6.33 Å². The summed E-state index contributed by atoms with van der Waals surface area (Å²) in [7, 11) is 1.53. The number of carboxylic acids is 1. The van der Waals surface area contributed by atoms with Gasteiger partial charge >= 0.3 is 5.97 Å². The van der Waals surface area contributed by atoms with Gasteiger partial charge in [-0.15, -0.1) is 0 Å². The largest absolute Gasteiger partial charge is 0.481 e. The fraction of sp³-hybridized carbons (Fsp3) is 0.538. The lowest BCUT2D eigenvalue weighted by atomic mass is 10.2. The highest BCUT2D eigenvalue weighted by Crippen LogP contribution is 2.32. The molecule has 0 aromatic carbocycles. The summed E-state index contributed by atoms with van der Waals surface area (Å²) in [5, 5.41) is 9.52. The molecule has 0 aliphatic heterocycles. The van der Waals surface area contributed by atoms with Crippen LogP contribution in [0.25, 0.3) is 11.2 Å². The van der Waals surface area contributed by atoms with E-state index in [1.54, 1.807) is 0 Å². The van der Waals surface area contributed by atoms with Gasteiger partial charge in [0.2, 0.25) is 5.88 Å². The normalized spacial score (nSPS) is 11.2. The van der Waals surface area contributed by atoms with Gasteiger partial charge in [-0.05, 0) is 12.8 Å². The second kappa shape index (κ2) is 6.75. The first-order chi connectivity index (χ1) is 10.1. The number of fused-ring (bicyclic) bond motifs is 1. The van der Waals surface area contributed by atoms with E-state index in [4.69, 9.17) is 9.84 Å². The van der Waals surface area contributed by atoms with Crippen LogP contribution in [-0.4, -0.2) is 43.5 Å². The summed E-state index contributed by atoms with van der Waals surface area (Å²) in [6.45, 7) is 4.17. The molecule has 0 bridgehead atoms. The van der Waals surface area contributed by atoms with Crippen molar-refractivity contribution in [3.63, 3.8) is 0 Å². The van der Waals surface area contributed by atoms with Crippen LogP contribution in [-0.2, 0) is 4.79 Å². The van der Waals surface area contributed by atoms with Crippen LogP contribution in [0.15, 0.2) is 11.5 Å². The van der Waals surface area contributed by atoms with E-state index in [1.165, 1.54) is 25.2 Å². The van der Waals surface area contributed by atoms with Gasteiger partial charge in [0.05, 0.1) is 12.9 Å². The number of imidazole rings is 1. The van der Waals surface area contributed by atoms with Crippen LogP contribution in [0.5, 0.6) is 5.88 Å². The molecule has 2 aromatic heterocycles. The first-order valence-electron chi connectivity index (χ1n) is 6.73. The fourth-order valence-electron chi connectivity index (χ4n) is 2.23. The third-order valence-electron chi connectivity index (χ3n) is 3.24. The average molecular weight is 310 g/mol. The summed E-state index contributed by atoms with van der Waals surface area (Å²) < 4.78 is 7.21. The molecule has 1 N–H and O–H groups in total. The molecule has 0 unspecified atom stereocenters. The van der Waals surface area contributed by atoms with Gasteiger partial charge in [0, 0.05) is 6.04 Å². The van der Waals surface area contributed by atoms with Crippen molar-refractivity contribution >= 4 is 28.9 Å². The number of hydrogen-bond donors (Lipinski definition) is 1. The number of rotatable bonds is 7. The van der Waals surface area contributed by atoms with Crippen LogP contribution < -0.4 is 4.74 Å². The Hall–Kier alpha value is -1.83. The molecule has 0 aliphatic carbocycles. The Morgan fingerprint density at radius 3 is 2.71 bits per heavy atom. The van der Waals surface area contributed by atoms with E-state index in [0.29, 0.717) is 22.2 Å². The molecule has 0 atom stereocenters. The Labute approximate surface area is 126 Å². The molecule has 2 rings (SSSR count). The highest BCUT2D eigenvalue weighted by molar-refractivity contribution is 7.99. The Balaban J connectivity index is 2.58. The van der Waals surface area contributed by atoms with Gasteiger partial charge < -0.3 is 14.4 Å². The van der Waals surface area contributed by atoms with E-state index in [9.17, 15) is 4.79 Å². The quantitative estimate of drug-likeness (QED) is 0.785. The molecule has 7 nitrogen and oxygen atoms in total. The summed E-state index contributed by atoms with van der Waals surface area (Å²) >= 11 is 1.19. The number of aliphatic carboxylic acids is 1. The van der Waals surface area contributed by atoms with Gasteiger partial charge in [0.1, 0.15) is 6.33 Å². The van der Waals surface area contributed by atoms with Crippen LogP contribution in [0.2, 0.25) is 0 Å². The summed E-state index contributed by atoms with van der Waals surface area (Å²) in [5.74, 6) is -0.512. The van der Waals surface area contributed by atoms with Crippen LogP contribution in [0.4, 0.5) is 0 Å². The molecule has 8 heteroatoms. The van der Waals surface area contributed by atoms with Crippen molar-refractivity contribution in [3.8, 4) is 5.88 Å². The maximum absolute atomic E-state index is 10.8. The lowest BCUT2D eigenvalue weighted by Crippen LogP contribution is -2.10. The van der Waals surface area contributed by atoms with Crippen LogP contribution >= 0.6 is 11.8 Å². The van der Waals surface area contributed by atoms with E-state index >= 15 is 0 Å². The van der Waals surface area contributed by atoms with Gasteiger partial charge in [-0.25, -0.2) is 9.97 Å². The molecule has 0 spiro atoms. The molecule has 0 aliphatic rings. The lowest BCUT2D eigenvalue weighted by Gasteiger charge is -2.17. The van der Waals surface area contributed by atoms with E-state index in [-0.39, 0.29) is 11.8 Å². The van der Waals surface area contributed by atoms with Crippen LogP contribution in [0.3, 0.4) is 0 Å². The molecule has 21 heavy (non-hydrogen) atoms. The summed E-state index contributed by atoms with van der Waals surface area (Å²) in [6.07, 6.45) is 3.26. The van der Waals surface area contributed by atoms with Crippen molar-refractivity contribution in [2.24, 2.45) is 0 Å². The topological polar surface area (TPSA) is 90.1 Å². The van der Waals surface area contributed by atoms with E-state index in [0.717, 1.165) is 12.8 Å². The molecular weight excluding hydrogens is 292 g/mol. The zero-order valence-corrected chi connectivity index (χ0v) is 13.1. The zero-order chi connectivity index (χ0) is 15.4. The molecular formula is C13H18N4O3S. The number of thioether (sulfide) groups is 1. The smallest absolute Gasteiger partial charge is 0.313 e. The molecule has 2 heterocycles. The number of methoxy groups -OCH3 is 1. The van der Waals surface area contributed by atoms with Crippen molar-refractivity contribution in [1.82, 2.24) is 19.5 Å². The molecule has 0 fully saturated rings. The molecule has 0 saturated carbocycles. The number of ether oxygens (including phenoxy) is 1. The first kappa shape index (κ1) is 15.6. The Morgan fingerprint density at radius 1 is 1.43 bits per heavy atom. The maximum atomic E-state index is 10.8. The van der Waals surface area contributed by atoms with Gasteiger partial charge in [-0.3, -0.25) is 4.79 Å². The van der Waals surface area contributed by atoms with Crippen LogP contribution in [0, 0.1) is 0 Å². The molecule has 2 aromatic rings. The zero-order valence-electron chi connectivity index (χ0n) is 12.2. The standard InChI is InChI=1S/C13H18N4O3S/c1-4-8(5-2)17-11-10(12(20-3)15-7-14-11)16-13(17)21-6-9(18)19/h7-8H,4-6H2,1-3H3,(H,18,19). The summed E-state index contributed by atoms with van der Waals surface area (Å²) in [4.78, 5) is 23.7. The number of carboxylic acid groups (broad SMARTS) is 1. The minimum atomic E-state index is -0.874. The van der Waals surface area contributed by atoms with Gasteiger partial charge in [-0.1, -0.05) is 25.6 Å². The third kappa shape index (κ3) is 3.10. The molecule has 0 amide bonds. The molecule has 0 saturated heterocycles. The third-order valence-corrected chi connectivity index (χ3v) is 4.17. The Kier molecular flexibility index (Phi) is 5.00. The average Bonchev–Trinajstić information content (AvgIpc) is 2.85. The number of aromatic nitrogens is 4. The lowest BCUT2D eigenvalue weighted by molar-refractivity contribution is -0.133. The number of nitrogens with zero attached hydrogens (tertiary/aromatic N) is 4. The summed E-state index contributed by atoms with van der Waals surface area (Å²) in [5.41, 5.74) is 1.25. The minimum absolute atomic E-state index is 0.0424. The predicted octanol–water partition coefficient (Wildman–Crippen LogP) is 2.37. The van der Waals surface area contributed by atoms with E-state index in [2.05, 4.69) is 28.8 Å². The predicted molar refractivity (Wildman–Crippen MR) is 79.9 cm³/mol. The Bertz CT molecular complexity index is 640.